The molecule has 2 heterocycles. The second-order valence-electron chi connectivity index (χ2n) is 8.58. The van der Waals surface area contributed by atoms with Gasteiger partial charge in [0.15, 0.2) is 0 Å². The maximum Gasteiger partial charge on any atom is 0.471 e. The number of aromatic nitrogens is 2. The predicted octanol–water partition coefficient (Wildman–Crippen LogP) is 4.21. The number of carbonyl (C=O) groups is 2. The van der Waals surface area contributed by atoms with Crippen LogP contribution in [0.2, 0.25) is 0 Å². The zero-order valence-corrected chi connectivity index (χ0v) is 21.4. The van der Waals surface area contributed by atoms with E-state index in [2.05, 4.69) is 15.3 Å². The number of thiophene rings is 1. The van der Waals surface area contributed by atoms with E-state index in [4.69, 9.17) is 9.84 Å². The van der Waals surface area contributed by atoms with Gasteiger partial charge in [-0.1, -0.05) is 24.3 Å². The minimum absolute atomic E-state index is 0.107. The first kappa shape index (κ1) is 28.0. The van der Waals surface area contributed by atoms with Crippen molar-refractivity contribution in [1.82, 2.24) is 15.3 Å². The number of aromatic carboxylic acids is 1. The predicted molar refractivity (Wildman–Crippen MR) is 139 cm³/mol. The number of fused-ring (bicyclic) bond motifs is 1. The summed E-state index contributed by atoms with van der Waals surface area (Å²) >= 11 is 1.30. The van der Waals surface area contributed by atoms with Gasteiger partial charge < -0.3 is 25.0 Å². The largest absolute Gasteiger partial charge is 0.478 e. The van der Waals surface area contributed by atoms with Crippen LogP contribution in [0.25, 0.3) is 10.2 Å². The third kappa shape index (κ3) is 6.88. The molecule has 0 fully saturated rings. The van der Waals surface area contributed by atoms with E-state index < -0.39 is 18.1 Å². The molecule has 0 radical (unpaired) electrons. The van der Waals surface area contributed by atoms with Crippen molar-refractivity contribution < 1.29 is 32.6 Å². The number of alkyl halides is 3. The van der Waals surface area contributed by atoms with Crippen molar-refractivity contribution >= 4 is 39.1 Å². The van der Waals surface area contributed by atoms with E-state index in [-0.39, 0.29) is 43.1 Å². The molecule has 0 unspecified atom stereocenters. The number of benzene rings is 2. The molecule has 9 nitrogen and oxygen atoms in total. The van der Waals surface area contributed by atoms with E-state index in [1.54, 1.807) is 29.6 Å². The molecule has 0 saturated carbocycles. The van der Waals surface area contributed by atoms with Crippen LogP contribution in [0.1, 0.15) is 32.9 Å². The second kappa shape index (κ2) is 11.8. The molecule has 0 atom stereocenters. The third-order valence-corrected chi connectivity index (χ3v) is 6.68. The number of carboxylic acid groups (broad SMARTS) is 1. The first-order valence-corrected chi connectivity index (χ1v) is 12.4. The highest BCUT2D eigenvalue weighted by atomic mass is 32.1. The number of nitrogens with one attached hydrogen (secondary N) is 2. The Hall–Kier alpha value is -4.07. The molecule has 39 heavy (non-hydrogen) atoms. The zero-order valence-electron chi connectivity index (χ0n) is 20.5. The molecule has 204 valence electrons. The van der Waals surface area contributed by atoms with Crippen molar-refractivity contribution in [2.24, 2.45) is 0 Å². The van der Waals surface area contributed by atoms with Crippen molar-refractivity contribution in [2.45, 2.75) is 32.5 Å². The van der Waals surface area contributed by atoms with Crippen LogP contribution in [-0.4, -0.2) is 40.2 Å². The smallest absolute Gasteiger partial charge is 0.471 e. The van der Waals surface area contributed by atoms with Gasteiger partial charge in [0.1, 0.15) is 10.7 Å². The molecule has 0 spiro atoms. The minimum Gasteiger partial charge on any atom is -0.478 e. The van der Waals surface area contributed by atoms with E-state index in [1.165, 1.54) is 35.6 Å². The molecule has 0 aliphatic carbocycles. The van der Waals surface area contributed by atoms with Gasteiger partial charge in [-0.15, -0.1) is 11.3 Å². The highest BCUT2D eigenvalue weighted by molar-refractivity contribution is 7.16. The Labute approximate surface area is 223 Å². The Morgan fingerprint density at radius 1 is 1.10 bits per heavy atom. The van der Waals surface area contributed by atoms with Crippen LogP contribution >= 0.6 is 11.3 Å². The van der Waals surface area contributed by atoms with Crippen LogP contribution in [0.3, 0.4) is 0 Å². The zero-order chi connectivity index (χ0) is 28.2. The number of H-pyrrole nitrogens is 1. The average Bonchev–Trinajstić information content (AvgIpc) is 3.31. The van der Waals surface area contributed by atoms with Gasteiger partial charge in [-0.25, -0.2) is 9.78 Å². The number of aromatic amines is 1. The van der Waals surface area contributed by atoms with Crippen LogP contribution in [0, 0.1) is 0 Å². The first-order chi connectivity index (χ1) is 18.5. The van der Waals surface area contributed by atoms with Crippen molar-refractivity contribution in [3.8, 4) is 0 Å². The van der Waals surface area contributed by atoms with E-state index >= 15 is 0 Å². The highest BCUT2D eigenvalue weighted by Crippen LogP contribution is 2.24. The first-order valence-electron chi connectivity index (χ1n) is 11.6. The standard InChI is InChI=1S/C26H23F3N4O5S/c1-33(25(37)26(27,28)29)19-4-2-3-16(9-19)10-30-11-20-31-22(34)21-18(14-39-23(21)32-20)13-38-12-15-5-7-17(8-6-15)24(35)36/h2-9,14,30H,10-13H2,1H3,(H,35,36)(H,31,32,34). The summed E-state index contributed by atoms with van der Waals surface area (Å²) in [6, 6.07) is 12.5. The summed E-state index contributed by atoms with van der Waals surface area (Å²) in [6.07, 6.45) is -4.97. The number of ether oxygens (including phenoxy) is 1. The van der Waals surface area contributed by atoms with Crippen molar-refractivity contribution in [3.05, 3.63) is 92.3 Å². The van der Waals surface area contributed by atoms with Crippen LogP contribution in [0.5, 0.6) is 0 Å². The Morgan fingerprint density at radius 2 is 1.85 bits per heavy atom. The molecule has 0 aliphatic heterocycles. The number of nitrogens with zero attached hydrogens (tertiary/aromatic N) is 2. The molecular formula is C26H23F3N4O5S. The molecule has 2 aromatic heterocycles. The molecule has 2 aromatic carbocycles. The van der Waals surface area contributed by atoms with Gasteiger partial charge in [-0.3, -0.25) is 9.59 Å². The van der Waals surface area contributed by atoms with Gasteiger partial charge in [0.05, 0.1) is 30.7 Å². The number of hydrogen-bond donors (Lipinski definition) is 3. The van der Waals surface area contributed by atoms with Gasteiger partial charge in [0, 0.05) is 24.8 Å². The summed E-state index contributed by atoms with van der Waals surface area (Å²) in [6.45, 7) is 0.875. The maximum absolute atomic E-state index is 12.8. The molecule has 13 heteroatoms. The summed E-state index contributed by atoms with van der Waals surface area (Å²) < 4.78 is 43.9. The Kier molecular flexibility index (Phi) is 8.43. The number of carboxylic acids is 1. The molecular weight excluding hydrogens is 537 g/mol. The lowest BCUT2D eigenvalue weighted by atomic mass is 10.1. The number of rotatable bonds is 10. The summed E-state index contributed by atoms with van der Waals surface area (Å²) in [5.74, 6) is -2.58. The van der Waals surface area contributed by atoms with Gasteiger partial charge in [0.2, 0.25) is 0 Å². The summed E-state index contributed by atoms with van der Waals surface area (Å²) in [5.41, 5.74) is 2.09. The number of carbonyl (C=O) groups excluding carboxylic acids is 1. The van der Waals surface area contributed by atoms with Crippen molar-refractivity contribution in [1.29, 1.82) is 0 Å². The maximum atomic E-state index is 12.8. The second-order valence-corrected chi connectivity index (χ2v) is 9.44. The van der Waals surface area contributed by atoms with Crippen LogP contribution < -0.4 is 15.8 Å². The fraction of sp³-hybridized carbons (Fsp3) is 0.231. The molecule has 0 bridgehead atoms. The number of halogens is 3. The fourth-order valence-corrected chi connectivity index (χ4v) is 4.72. The van der Waals surface area contributed by atoms with Crippen LogP contribution in [0.4, 0.5) is 18.9 Å². The average molecular weight is 561 g/mol. The molecule has 3 N–H and O–H groups in total. The Bertz CT molecular complexity index is 1550. The van der Waals surface area contributed by atoms with Crippen LogP contribution in [-0.2, 0) is 35.8 Å². The van der Waals surface area contributed by atoms with Crippen LogP contribution in [0.15, 0.2) is 58.7 Å². The lowest BCUT2D eigenvalue weighted by Gasteiger charge is -2.19. The van der Waals surface area contributed by atoms with Gasteiger partial charge in [0.25, 0.3) is 5.56 Å². The van der Waals surface area contributed by atoms with E-state index in [0.29, 0.717) is 32.1 Å². The lowest BCUT2D eigenvalue weighted by molar-refractivity contribution is -0.170. The summed E-state index contributed by atoms with van der Waals surface area (Å²) in [5, 5.41) is 14.3. The van der Waals surface area contributed by atoms with Gasteiger partial charge in [-0.05, 0) is 40.8 Å². The minimum atomic E-state index is -4.97. The number of amides is 1. The van der Waals surface area contributed by atoms with Crippen molar-refractivity contribution in [3.63, 3.8) is 0 Å². The molecule has 1 amide bonds. The quantitative estimate of drug-likeness (QED) is 0.265. The summed E-state index contributed by atoms with van der Waals surface area (Å²) in [4.78, 5) is 43.5. The summed E-state index contributed by atoms with van der Waals surface area (Å²) in [7, 11) is 1.06. The number of hydrogen-bond acceptors (Lipinski definition) is 7. The topological polar surface area (TPSA) is 125 Å². The van der Waals surface area contributed by atoms with Gasteiger partial charge in [-0.2, -0.15) is 13.2 Å². The third-order valence-electron chi connectivity index (χ3n) is 5.76. The van der Waals surface area contributed by atoms with Crippen molar-refractivity contribution in [2.75, 3.05) is 11.9 Å². The Morgan fingerprint density at radius 3 is 2.54 bits per heavy atom. The normalized spacial score (nSPS) is 11.6. The van der Waals surface area contributed by atoms with E-state index in [9.17, 15) is 27.6 Å². The van der Waals surface area contributed by atoms with E-state index in [1.807, 2.05) is 0 Å². The molecule has 4 rings (SSSR count). The highest BCUT2D eigenvalue weighted by Gasteiger charge is 2.41. The lowest BCUT2D eigenvalue weighted by Crippen LogP contribution is -2.38. The number of anilines is 1. The molecule has 4 aromatic rings. The van der Waals surface area contributed by atoms with E-state index in [0.717, 1.165) is 12.6 Å². The fourth-order valence-electron chi connectivity index (χ4n) is 3.77. The SMILES string of the molecule is CN(C(=O)C(F)(F)F)c1cccc(CNCc2nc3scc(COCc4ccc(C(=O)O)cc4)c3c(=O)[nH]2)c1. The molecule has 0 aliphatic rings. The molecule has 0 saturated heterocycles. The Balaban J connectivity index is 1.35. The van der Waals surface area contributed by atoms with Gasteiger partial charge >= 0.3 is 18.1 Å². The monoisotopic (exact) mass is 560 g/mol.